The van der Waals surface area contributed by atoms with Crippen molar-refractivity contribution in [2.45, 2.75) is 44.1 Å². The molecule has 41 heavy (non-hydrogen) atoms. The minimum Gasteiger partial charge on any atom is -0.493 e. The van der Waals surface area contributed by atoms with E-state index in [0.29, 0.717) is 36.9 Å². The second-order valence-corrected chi connectivity index (χ2v) is 10.5. The number of thioether (sulfide) groups is 1. The van der Waals surface area contributed by atoms with Crippen LogP contribution in [-0.4, -0.2) is 67.3 Å². The molecule has 0 aliphatic rings. The van der Waals surface area contributed by atoms with Crippen molar-refractivity contribution in [3.05, 3.63) is 83.9 Å². The van der Waals surface area contributed by atoms with Gasteiger partial charge in [-0.05, 0) is 80.0 Å². The molecule has 3 aromatic rings. The molecule has 1 unspecified atom stereocenters. The second kappa shape index (κ2) is 17.2. The average molecular weight is 582 g/mol. The van der Waals surface area contributed by atoms with E-state index in [0.717, 1.165) is 29.7 Å². The van der Waals surface area contributed by atoms with Crippen LogP contribution in [0.15, 0.2) is 77.7 Å². The van der Waals surface area contributed by atoms with Crippen molar-refractivity contribution >= 4 is 23.8 Å². The van der Waals surface area contributed by atoms with Crippen LogP contribution in [0.2, 0.25) is 0 Å². The maximum Gasteiger partial charge on any atom is 0.415 e. The molecule has 1 atom stereocenters. The zero-order chi connectivity index (χ0) is 29.5. The summed E-state index contributed by atoms with van der Waals surface area (Å²) in [6.45, 7) is 5.17. The molecule has 0 fully saturated rings. The minimum atomic E-state index is -0.985. The molecule has 0 saturated carbocycles. The molecule has 1 amide bonds. The fourth-order valence-corrected chi connectivity index (χ4v) is 4.99. The second-order valence-electron chi connectivity index (χ2n) is 9.36. The van der Waals surface area contributed by atoms with Crippen molar-refractivity contribution in [1.29, 1.82) is 0 Å². The summed E-state index contributed by atoms with van der Waals surface area (Å²) in [6.07, 6.45) is 0.690. The number of nitrogens with zero attached hydrogens (tertiary/aromatic N) is 1. The van der Waals surface area contributed by atoms with Crippen LogP contribution in [0.3, 0.4) is 0 Å². The van der Waals surface area contributed by atoms with E-state index in [1.54, 1.807) is 55.0 Å². The third-order valence-corrected chi connectivity index (χ3v) is 7.32. The molecule has 0 aliphatic carbocycles. The fourth-order valence-electron chi connectivity index (χ4n) is 4.06. The van der Waals surface area contributed by atoms with E-state index >= 15 is 0 Å². The lowest BCUT2D eigenvalue weighted by Crippen LogP contribution is -2.37. The fraction of sp³-hybridized carbons (Fsp3) is 0.375. The van der Waals surface area contributed by atoms with Gasteiger partial charge >= 0.3 is 12.1 Å². The molecule has 9 heteroatoms. The van der Waals surface area contributed by atoms with Gasteiger partial charge in [0.05, 0.1) is 13.7 Å². The quantitative estimate of drug-likeness (QED) is 0.143. The van der Waals surface area contributed by atoms with Gasteiger partial charge in [-0.3, -0.25) is 0 Å². The van der Waals surface area contributed by atoms with Crippen LogP contribution in [0.4, 0.5) is 4.79 Å². The van der Waals surface area contributed by atoms with Crippen LogP contribution in [0, 0.1) is 6.92 Å². The number of carboxylic acids is 1. The third kappa shape index (κ3) is 11.0. The van der Waals surface area contributed by atoms with Gasteiger partial charge in [0.25, 0.3) is 0 Å². The topological polar surface area (TPSA) is 94.5 Å². The lowest BCUT2D eigenvalue weighted by molar-refractivity contribution is -0.149. The van der Waals surface area contributed by atoms with Gasteiger partial charge in [-0.2, -0.15) is 0 Å². The Bertz CT molecular complexity index is 1220. The SMILES string of the molecule is CCOC(Cc1ccc(OCCN(CCCCSc2ccccc2)C(=O)Oc2cc(C)ccc2OC)cc1)C(=O)O. The first-order valence-corrected chi connectivity index (χ1v) is 14.7. The predicted molar refractivity (Wildman–Crippen MR) is 160 cm³/mol. The molecule has 0 bridgehead atoms. The first kappa shape index (κ1) is 31.8. The standard InChI is InChI=1S/C32H39NO7S/c1-4-38-30(31(34)35)23-25-13-15-26(16-14-25)39-20-19-33(18-8-9-21-41-27-10-6-5-7-11-27)32(36)40-29-22-24(2)12-17-28(29)37-3/h5-7,10-17,22,30H,4,8-9,18-21,23H2,1-3H3,(H,34,35). The average Bonchev–Trinajstić information content (AvgIpc) is 2.97. The van der Waals surface area contributed by atoms with Crippen LogP contribution in [0.5, 0.6) is 17.2 Å². The van der Waals surface area contributed by atoms with E-state index in [9.17, 15) is 14.7 Å². The number of amides is 1. The van der Waals surface area contributed by atoms with Gasteiger partial charge in [-0.15, -0.1) is 11.8 Å². The van der Waals surface area contributed by atoms with Gasteiger partial charge < -0.3 is 29.0 Å². The molecule has 220 valence electrons. The molecule has 0 spiro atoms. The molecule has 0 aliphatic heterocycles. The van der Waals surface area contributed by atoms with E-state index in [1.807, 2.05) is 43.3 Å². The van der Waals surface area contributed by atoms with E-state index < -0.39 is 18.2 Å². The number of aryl methyl sites for hydroxylation is 1. The molecule has 3 rings (SSSR count). The Hall–Kier alpha value is -3.69. The molecule has 8 nitrogen and oxygen atoms in total. The molecular weight excluding hydrogens is 542 g/mol. The maximum atomic E-state index is 13.2. The number of carbonyl (C=O) groups is 2. The van der Waals surface area contributed by atoms with E-state index in [2.05, 4.69) is 12.1 Å². The normalized spacial score (nSPS) is 11.5. The summed E-state index contributed by atoms with van der Waals surface area (Å²) in [5.41, 5.74) is 1.80. The molecule has 1 N–H and O–H groups in total. The molecule has 0 saturated heterocycles. The Morgan fingerprint density at radius 2 is 1.71 bits per heavy atom. The Kier molecular flexibility index (Phi) is 13.4. The zero-order valence-electron chi connectivity index (χ0n) is 23.9. The summed E-state index contributed by atoms with van der Waals surface area (Å²) in [5.74, 6) is 1.47. The lowest BCUT2D eigenvalue weighted by Gasteiger charge is -2.23. The van der Waals surface area contributed by atoms with Crippen molar-refractivity contribution in [1.82, 2.24) is 4.90 Å². The Morgan fingerprint density at radius 1 is 0.951 bits per heavy atom. The van der Waals surface area contributed by atoms with Gasteiger partial charge in [0.15, 0.2) is 17.6 Å². The van der Waals surface area contributed by atoms with Crippen molar-refractivity contribution in [2.24, 2.45) is 0 Å². The van der Waals surface area contributed by atoms with Gasteiger partial charge in [-0.25, -0.2) is 9.59 Å². The number of methoxy groups -OCH3 is 1. The number of ether oxygens (including phenoxy) is 4. The lowest BCUT2D eigenvalue weighted by atomic mass is 10.1. The van der Waals surface area contributed by atoms with Crippen molar-refractivity contribution < 1.29 is 33.6 Å². The van der Waals surface area contributed by atoms with Crippen molar-refractivity contribution in [3.63, 3.8) is 0 Å². The maximum absolute atomic E-state index is 13.2. The summed E-state index contributed by atoms with van der Waals surface area (Å²) in [4.78, 5) is 27.5. The highest BCUT2D eigenvalue weighted by molar-refractivity contribution is 7.99. The van der Waals surface area contributed by atoms with E-state index in [1.165, 1.54) is 4.90 Å². The number of carboxylic acid groups (broad SMARTS) is 1. The zero-order valence-corrected chi connectivity index (χ0v) is 24.7. The van der Waals surface area contributed by atoms with Crippen molar-refractivity contribution in [2.75, 3.05) is 39.2 Å². The van der Waals surface area contributed by atoms with Gasteiger partial charge in [-0.1, -0.05) is 36.4 Å². The number of hydrogen-bond acceptors (Lipinski definition) is 7. The molecule has 0 radical (unpaired) electrons. The number of benzene rings is 3. The van der Waals surface area contributed by atoms with Crippen LogP contribution < -0.4 is 14.2 Å². The Morgan fingerprint density at radius 3 is 2.39 bits per heavy atom. The van der Waals surface area contributed by atoms with Crippen LogP contribution >= 0.6 is 11.8 Å². The predicted octanol–water partition coefficient (Wildman–Crippen LogP) is 6.49. The summed E-state index contributed by atoms with van der Waals surface area (Å²) in [5, 5.41) is 9.31. The number of hydrogen-bond donors (Lipinski definition) is 1. The largest absolute Gasteiger partial charge is 0.493 e. The number of aliphatic carboxylic acids is 1. The molecule has 0 heterocycles. The number of carbonyl (C=O) groups excluding carboxylic acids is 1. The first-order valence-electron chi connectivity index (χ1n) is 13.7. The Labute approximate surface area is 246 Å². The van der Waals surface area contributed by atoms with Crippen LogP contribution in [0.1, 0.15) is 30.9 Å². The van der Waals surface area contributed by atoms with E-state index in [4.69, 9.17) is 18.9 Å². The molecular formula is C32H39NO7S. The monoisotopic (exact) mass is 581 g/mol. The van der Waals surface area contributed by atoms with Gasteiger partial charge in [0.1, 0.15) is 12.4 Å². The van der Waals surface area contributed by atoms with E-state index in [-0.39, 0.29) is 13.0 Å². The van der Waals surface area contributed by atoms with Crippen molar-refractivity contribution in [3.8, 4) is 17.2 Å². The summed E-state index contributed by atoms with van der Waals surface area (Å²) in [6, 6.07) is 22.9. The highest BCUT2D eigenvalue weighted by Gasteiger charge is 2.19. The first-order chi connectivity index (χ1) is 19.9. The number of rotatable bonds is 17. The van der Waals surface area contributed by atoms with Gasteiger partial charge in [0.2, 0.25) is 0 Å². The number of unbranched alkanes of at least 4 members (excludes halogenated alkanes) is 1. The highest BCUT2D eigenvalue weighted by atomic mass is 32.2. The molecule has 0 aromatic heterocycles. The highest BCUT2D eigenvalue weighted by Crippen LogP contribution is 2.28. The smallest absolute Gasteiger partial charge is 0.415 e. The summed E-state index contributed by atoms with van der Waals surface area (Å²) < 4.78 is 22.3. The summed E-state index contributed by atoms with van der Waals surface area (Å²) >= 11 is 1.80. The van der Waals surface area contributed by atoms with Crippen LogP contribution in [0.25, 0.3) is 0 Å². The van der Waals surface area contributed by atoms with Crippen LogP contribution in [-0.2, 0) is 16.0 Å². The minimum absolute atomic E-state index is 0.272. The van der Waals surface area contributed by atoms with Gasteiger partial charge in [0, 0.05) is 24.5 Å². The molecule has 3 aromatic carbocycles. The Balaban J connectivity index is 1.56. The third-order valence-electron chi connectivity index (χ3n) is 6.23. The summed E-state index contributed by atoms with van der Waals surface area (Å²) in [7, 11) is 1.54.